The van der Waals surface area contributed by atoms with Gasteiger partial charge in [0.1, 0.15) is 0 Å². The number of carbonyl (C=O) groups excluding carboxylic acids is 1. The van der Waals surface area contributed by atoms with Crippen LogP contribution >= 0.6 is 11.6 Å². The zero-order valence-corrected chi connectivity index (χ0v) is 12.9. The van der Waals surface area contributed by atoms with E-state index in [1.165, 1.54) is 0 Å². The molecule has 1 N–H and O–H groups in total. The molecule has 0 aliphatic rings. The normalized spacial score (nSPS) is 11.2. The van der Waals surface area contributed by atoms with Gasteiger partial charge in [0.15, 0.2) is 0 Å². The van der Waals surface area contributed by atoms with Gasteiger partial charge in [-0.1, -0.05) is 29.8 Å². The molecule has 19 heavy (non-hydrogen) atoms. The maximum atomic E-state index is 12.1. The number of amides is 2. The van der Waals surface area contributed by atoms with Crippen LogP contribution in [-0.2, 0) is 6.42 Å². The highest BCUT2D eigenvalue weighted by Crippen LogP contribution is 2.15. The summed E-state index contributed by atoms with van der Waals surface area (Å²) in [6, 6.07) is 7.68. The summed E-state index contributed by atoms with van der Waals surface area (Å²) in [6.45, 7) is 9.37. The highest BCUT2D eigenvalue weighted by atomic mass is 35.5. The van der Waals surface area contributed by atoms with E-state index in [0.29, 0.717) is 13.1 Å². The van der Waals surface area contributed by atoms with Crippen LogP contribution in [0.15, 0.2) is 24.3 Å². The third-order valence-electron chi connectivity index (χ3n) is 3.00. The van der Waals surface area contributed by atoms with Gasteiger partial charge in [-0.3, -0.25) is 0 Å². The smallest absolute Gasteiger partial charge is 0.317 e. The van der Waals surface area contributed by atoms with Gasteiger partial charge in [-0.15, -0.1) is 0 Å². The van der Waals surface area contributed by atoms with Crippen LogP contribution in [0.1, 0.15) is 33.3 Å². The Morgan fingerprint density at radius 2 is 1.95 bits per heavy atom. The second-order valence-electron chi connectivity index (χ2n) is 5.49. The molecule has 1 aromatic rings. The van der Waals surface area contributed by atoms with Crippen molar-refractivity contribution in [3.63, 3.8) is 0 Å². The van der Waals surface area contributed by atoms with Crippen molar-refractivity contribution in [2.45, 2.75) is 39.7 Å². The number of benzene rings is 1. The number of rotatable bonds is 4. The summed E-state index contributed by atoms with van der Waals surface area (Å²) >= 11 is 6.08. The number of nitrogens with one attached hydrogen (secondary N) is 1. The number of hydrogen-bond acceptors (Lipinski definition) is 1. The number of halogens is 1. The molecule has 0 unspecified atom stereocenters. The molecule has 1 aromatic carbocycles. The summed E-state index contributed by atoms with van der Waals surface area (Å²) in [5.41, 5.74) is 0.895. The van der Waals surface area contributed by atoms with Gasteiger partial charge in [0.2, 0.25) is 0 Å². The Morgan fingerprint density at radius 1 is 1.32 bits per heavy atom. The second kappa shape index (κ2) is 6.80. The third kappa shape index (κ3) is 4.75. The topological polar surface area (TPSA) is 32.3 Å². The van der Waals surface area contributed by atoms with E-state index in [4.69, 9.17) is 11.6 Å². The van der Waals surface area contributed by atoms with Crippen molar-refractivity contribution in [2.75, 3.05) is 13.1 Å². The van der Waals surface area contributed by atoms with Crippen molar-refractivity contribution in [3.05, 3.63) is 34.9 Å². The molecule has 0 spiro atoms. The molecule has 0 radical (unpaired) electrons. The highest BCUT2D eigenvalue weighted by Gasteiger charge is 2.24. The molecule has 4 heteroatoms. The Labute approximate surface area is 120 Å². The van der Waals surface area contributed by atoms with Crippen molar-refractivity contribution in [1.82, 2.24) is 10.2 Å². The Balaban J connectivity index is 2.49. The molecule has 0 saturated heterocycles. The minimum atomic E-state index is -0.163. The van der Waals surface area contributed by atoms with Crippen molar-refractivity contribution >= 4 is 17.6 Å². The van der Waals surface area contributed by atoms with Crippen molar-refractivity contribution in [2.24, 2.45) is 0 Å². The first-order valence-electron chi connectivity index (χ1n) is 6.65. The van der Waals surface area contributed by atoms with E-state index in [0.717, 1.165) is 17.0 Å². The standard InChI is InChI=1S/C15H23ClN2O/c1-5-18(15(2,3)4)14(19)17-11-10-12-8-6-7-9-13(12)16/h6-9H,5,10-11H2,1-4H3,(H,17,19). The van der Waals surface area contributed by atoms with Crippen molar-refractivity contribution in [3.8, 4) is 0 Å². The predicted molar refractivity (Wildman–Crippen MR) is 80.7 cm³/mol. The van der Waals surface area contributed by atoms with Crippen LogP contribution in [0.2, 0.25) is 5.02 Å². The fourth-order valence-corrected chi connectivity index (χ4v) is 2.25. The molecule has 0 aromatic heterocycles. The number of urea groups is 1. The summed E-state index contributed by atoms with van der Waals surface area (Å²) < 4.78 is 0. The zero-order valence-electron chi connectivity index (χ0n) is 12.2. The lowest BCUT2D eigenvalue weighted by molar-refractivity contribution is 0.150. The molecule has 0 fully saturated rings. The number of carbonyl (C=O) groups is 1. The van der Waals surface area contributed by atoms with E-state index >= 15 is 0 Å². The summed E-state index contributed by atoms with van der Waals surface area (Å²) in [4.78, 5) is 13.9. The van der Waals surface area contributed by atoms with Crippen LogP contribution in [0.5, 0.6) is 0 Å². The van der Waals surface area contributed by atoms with E-state index in [9.17, 15) is 4.79 Å². The largest absolute Gasteiger partial charge is 0.338 e. The lowest BCUT2D eigenvalue weighted by Gasteiger charge is -2.34. The fraction of sp³-hybridized carbons (Fsp3) is 0.533. The molecule has 0 heterocycles. The maximum absolute atomic E-state index is 12.1. The molecule has 3 nitrogen and oxygen atoms in total. The second-order valence-corrected chi connectivity index (χ2v) is 5.90. The summed E-state index contributed by atoms with van der Waals surface area (Å²) in [5.74, 6) is 0. The first kappa shape index (κ1) is 15.8. The van der Waals surface area contributed by atoms with Crippen LogP contribution in [0.25, 0.3) is 0 Å². The highest BCUT2D eigenvalue weighted by molar-refractivity contribution is 6.31. The van der Waals surface area contributed by atoms with Gasteiger partial charge in [-0.25, -0.2) is 4.79 Å². The Morgan fingerprint density at radius 3 is 2.47 bits per heavy atom. The minimum Gasteiger partial charge on any atom is -0.338 e. The van der Waals surface area contributed by atoms with Crippen LogP contribution in [-0.4, -0.2) is 29.6 Å². The van der Waals surface area contributed by atoms with Gasteiger partial charge in [0, 0.05) is 23.7 Å². The average Bonchev–Trinajstić information content (AvgIpc) is 2.30. The maximum Gasteiger partial charge on any atom is 0.317 e. The molecule has 106 valence electrons. The predicted octanol–water partition coefficient (Wildman–Crippen LogP) is 3.71. The summed E-state index contributed by atoms with van der Waals surface area (Å²) in [5, 5.41) is 3.69. The van der Waals surface area contributed by atoms with Crippen LogP contribution in [0, 0.1) is 0 Å². The van der Waals surface area contributed by atoms with Crippen LogP contribution in [0.4, 0.5) is 4.79 Å². The van der Waals surface area contributed by atoms with Crippen molar-refractivity contribution < 1.29 is 4.79 Å². The Kier molecular flexibility index (Phi) is 5.67. The monoisotopic (exact) mass is 282 g/mol. The van der Waals surface area contributed by atoms with Gasteiger partial charge < -0.3 is 10.2 Å². The zero-order chi connectivity index (χ0) is 14.5. The summed E-state index contributed by atoms with van der Waals surface area (Å²) in [6.07, 6.45) is 0.743. The fourth-order valence-electron chi connectivity index (χ4n) is 2.02. The van der Waals surface area contributed by atoms with Crippen LogP contribution in [0.3, 0.4) is 0 Å². The van der Waals surface area contributed by atoms with Gasteiger partial charge in [-0.05, 0) is 45.7 Å². The van der Waals surface area contributed by atoms with E-state index in [2.05, 4.69) is 5.32 Å². The van der Waals surface area contributed by atoms with Gasteiger partial charge >= 0.3 is 6.03 Å². The average molecular weight is 283 g/mol. The quantitative estimate of drug-likeness (QED) is 0.897. The molecular formula is C15H23ClN2O. The van der Waals surface area contributed by atoms with Gasteiger partial charge in [0.25, 0.3) is 0 Å². The molecule has 0 saturated carbocycles. The Bertz CT molecular complexity index is 426. The van der Waals surface area contributed by atoms with Crippen molar-refractivity contribution in [1.29, 1.82) is 0 Å². The molecule has 2 amide bonds. The van der Waals surface area contributed by atoms with Crippen LogP contribution < -0.4 is 5.32 Å². The lowest BCUT2D eigenvalue weighted by atomic mass is 10.1. The minimum absolute atomic E-state index is 0.0259. The Hall–Kier alpha value is -1.22. The SMILES string of the molecule is CCN(C(=O)NCCc1ccccc1Cl)C(C)(C)C. The molecule has 0 bridgehead atoms. The van der Waals surface area contributed by atoms with Gasteiger partial charge in [0.05, 0.1) is 0 Å². The molecule has 0 aliphatic carbocycles. The molecule has 0 atom stereocenters. The first-order valence-corrected chi connectivity index (χ1v) is 7.03. The van der Waals surface area contributed by atoms with E-state index in [1.807, 2.05) is 56.9 Å². The number of nitrogens with zero attached hydrogens (tertiary/aromatic N) is 1. The number of hydrogen-bond donors (Lipinski definition) is 1. The molecule has 0 aliphatic heterocycles. The van der Waals surface area contributed by atoms with E-state index in [1.54, 1.807) is 0 Å². The van der Waals surface area contributed by atoms with E-state index in [-0.39, 0.29) is 11.6 Å². The third-order valence-corrected chi connectivity index (χ3v) is 3.37. The molecular weight excluding hydrogens is 260 g/mol. The lowest BCUT2D eigenvalue weighted by Crippen LogP contribution is -2.50. The summed E-state index contributed by atoms with van der Waals surface area (Å²) in [7, 11) is 0. The van der Waals surface area contributed by atoms with E-state index < -0.39 is 0 Å². The van der Waals surface area contributed by atoms with Gasteiger partial charge in [-0.2, -0.15) is 0 Å². The molecule has 1 rings (SSSR count). The first-order chi connectivity index (χ1) is 8.86.